The molecule has 1 aromatic heterocycles. The lowest BCUT2D eigenvalue weighted by Crippen LogP contribution is -2.43. The number of aromatic nitrogens is 2. The van der Waals surface area contributed by atoms with Crippen molar-refractivity contribution in [1.82, 2.24) is 9.13 Å². The van der Waals surface area contributed by atoms with Gasteiger partial charge in [-0.3, -0.25) is 18.7 Å². The van der Waals surface area contributed by atoms with E-state index in [1.54, 1.807) is 31.2 Å². The van der Waals surface area contributed by atoms with E-state index in [-0.39, 0.29) is 23.7 Å². The smallest absolute Gasteiger partial charge is 0.338 e. The summed E-state index contributed by atoms with van der Waals surface area (Å²) in [7, 11) is 1.24. The van der Waals surface area contributed by atoms with Crippen molar-refractivity contribution in [2.45, 2.75) is 13.5 Å². The van der Waals surface area contributed by atoms with E-state index in [4.69, 9.17) is 10.5 Å². The number of hydrogen-bond donors (Lipinski definition) is 2. The van der Waals surface area contributed by atoms with E-state index in [1.165, 1.54) is 25.2 Å². The van der Waals surface area contributed by atoms with Crippen molar-refractivity contribution in [3.8, 4) is 5.75 Å². The fourth-order valence-corrected chi connectivity index (χ4v) is 2.99. The molecule has 2 aromatic carbocycles. The highest BCUT2D eigenvalue weighted by Gasteiger charge is 2.23. The van der Waals surface area contributed by atoms with Crippen molar-refractivity contribution < 1.29 is 19.4 Å². The lowest BCUT2D eigenvalue weighted by atomic mass is 10.1. The molecular formula is C22H21N3O6. The minimum absolute atomic E-state index is 0.0471. The van der Waals surface area contributed by atoms with Gasteiger partial charge in [0.1, 0.15) is 17.1 Å². The Morgan fingerprint density at radius 3 is 2.42 bits per heavy atom. The number of nitrogen functional groups attached to an aromatic ring is 1. The molecule has 160 valence electrons. The second-order valence-corrected chi connectivity index (χ2v) is 6.98. The zero-order valence-corrected chi connectivity index (χ0v) is 17.0. The number of carbonyl (C=O) groups is 2. The zero-order chi connectivity index (χ0) is 22.7. The number of nitrogens with two attached hydrogens (primary N) is 1. The topological polar surface area (TPSA) is 134 Å². The predicted molar refractivity (Wildman–Crippen MR) is 113 cm³/mol. The quantitative estimate of drug-likeness (QED) is 0.450. The molecule has 1 heterocycles. The summed E-state index contributed by atoms with van der Waals surface area (Å²) >= 11 is 0. The van der Waals surface area contributed by atoms with E-state index in [0.717, 1.165) is 14.7 Å². The van der Waals surface area contributed by atoms with Gasteiger partial charge in [0.2, 0.25) is 5.78 Å². The molecule has 0 unspecified atom stereocenters. The number of ether oxygens (including phenoxy) is 1. The Morgan fingerprint density at radius 2 is 1.77 bits per heavy atom. The second kappa shape index (κ2) is 8.70. The van der Waals surface area contributed by atoms with E-state index < -0.39 is 35.2 Å². The number of rotatable bonds is 6. The van der Waals surface area contributed by atoms with Crippen LogP contribution in [0.4, 0.5) is 5.82 Å². The monoisotopic (exact) mass is 423 g/mol. The molecule has 9 nitrogen and oxygen atoms in total. The van der Waals surface area contributed by atoms with E-state index in [1.807, 2.05) is 6.07 Å². The van der Waals surface area contributed by atoms with Crippen LogP contribution in [0, 0.1) is 6.92 Å². The molecule has 9 heteroatoms. The van der Waals surface area contributed by atoms with Gasteiger partial charge < -0.3 is 15.6 Å². The lowest BCUT2D eigenvalue weighted by molar-refractivity contribution is 0.0474. The number of aromatic hydroxyl groups is 1. The van der Waals surface area contributed by atoms with E-state index in [0.29, 0.717) is 5.56 Å². The first kappa shape index (κ1) is 21.6. The Bertz CT molecular complexity index is 1270. The van der Waals surface area contributed by atoms with Crippen molar-refractivity contribution in [2.75, 3.05) is 12.3 Å². The number of nitrogens with zero attached hydrogens (tertiary/aromatic N) is 2. The number of anilines is 1. The molecular weight excluding hydrogens is 402 g/mol. The summed E-state index contributed by atoms with van der Waals surface area (Å²) in [6, 6.07) is 13.1. The first-order valence-electron chi connectivity index (χ1n) is 9.34. The maximum Gasteiger partial charge on any atom is 0.338 e. The molecule has 0 spiro atoms. The van der Waals surface area contributed by atoms with Gasteiger partial charge in [0, 0.05) is 7.05 Å². The highest BCUT2D eigenvalue weighted by atomic mass is 16.5. The summed E-state index contributed by atoms with van der Waals surface area (Å²) < 4.78 is 6.89. The number of phenols is 1. The van der Waals surface area contributed by atoms with E-state index in [2.05, 4.69) is 0 Å². The number of aryl methyl sites for hydroxylation is 1. The molecule has 0 saturated carbocycles. The summed E-state index contributed by atoms with van der Waals surface area (Å²) in [5.74, 6) is -2.08. The molecule has 3 N–H and O–H groups in total. The molecule has 0 amide bonds. The SMILES string of the molecule is Cc1ccc(C(=O)OCC(=O)c2c(N)n(Cc3ccccc3)c(=O)n(C)c2=O)cc1O. The molecule has 0 radical (unpaired) electrons. The van der Waals surface area contributed by atoms with Gasteiger partial charge in [0.25, 0.3) is 5.56 Å². The van der Waals surface area contributed by atoms with E-state index in [9.17, 15) is 24.3 Å². The minimum Gasteiger partial charge on any atom is -0.508 e. The van der Waals surface area contributed by atoms with Gasteiger partial charge in [-0.05, 0) is 30.2 Å². The van der Waals surface area contributed by atoms with Crippen LogP contribution in [-0.2, 0) is 18.3 Å². The summed E-state index contributed by atoms with van der Waals surface area (Å²) in [4.78, 5) is 49.9. The molecule has 0 bridgehead atoms. The van der Waals surface area contributed by atoms with Gasteiger partial charge in [-0.1, -0.05) is 36.4 Å². The number of phenolic OH excluding ortho intramolecular Hbond substituents is 1. The fraction of sp³-hybridized carbons (Fsp3) is 0.182. The molecule has 0 aliphatic carbocycles. The van der Waals surface area contributed by atoms with Crippen LogP contribution in [-0.4, -0.2) is 32.6 Å². The molecule has 3 rings (SSSR count). The largest absolute Gasteiger partial charge is 0.508 e. The Balaban J connectivity index is 1.88. The predicted octanol–water partition coefficient (Wildman–Crippen LogP) is 1.23. The standard InChI is InChI=1S/C22H21N3O6/c1-13-8-9-15(10-16(13)26)21(29)31-12-17(27)18-19(23)25(22(30)24(2)20(18)28)11-14-6-4-3-5-7-14/h3-10,26H,11-12,23H2,1-2H3. The number of ketones is 1. The van der Waals surface area contributed by atoms with Gasteiger partial charge in [0.15, 0.2) is 6.61 Å². The van der Waals surface area contributed by atoms with Crippen molar-refractivity contribution in [3.05, 3.63) is 91.6 Å². The lowest BCUT2D eigenvalue weighted by Gasteiger charge is -2.14. The molecule has 0 saturated heterocycles. The first-order valence-corrected chi connectivity index (χ1v) is 9.34. The summed E-state index contributed by atoms with van der Waals surface area (Å²) in [6.07, 6.45) is 0. The van der Waals surface area contributed by atoms with Crippen LogP contribution in [0.15, 0.2) is 58.1 Å². The number of carbonyl (C=O) groups excluding carboxylic acids is 2. The fourth-order valence-electron chi connectivity index (χ4n) is 2.99. The molecule has 0 aliphatic heterocycles. The Morgan fingerprint density at radius 1 is 1.10 bits per heavy atom. The van der Waals surface area contributed by atoms with Crippen molar-refractivity contribution in [2.24, 2.45) is 7.05 Å². The molecule has 0 atom stereocenters. The minimum atomic E-state index is -0.874. The Hall–Kier alpha value is -4.14. The van der Waals surface area contributed by atoms with Crippen LogP contribution >= 0.6 is 0 Å². The van der Waals surface area contributed by atoms with Crippen LogP contribution in [0.1, 0.15) is 31.8 Å². The third-order valence-corrected chi connectivity index (χ3v) is 4.82. The second-order valence-electron chi connectivity index (χ2n) is 6.98. The van der Waals surface area contributed by atoms with Gasteiger partial charge in [-0.25, -0.2) is 9.59 Å². The Labute approximate surface area is 176 Å². The van der Waals surface area contributed by atoms with Crippen LogP contribution in [0.2, 0.25) is 0 Å². The van der Waals surface area contributed by atoms with Gasteiger partial charge in [-0.15, -0.1) is 0 Å². The van der Waals surface area contributed by atoms with Crippen molar-refractivity contribution in [1.29, 1.82) is 0 Å². The van der Waals surface area contributed by atoms with Crippen molar-refractivity contribution in [3.63, 3.8) is 0 Å². The van der Waals surface area contributed by atoms with Crippen LogP contribution < -0.4 is 17.0 Å². The average molecular weight is 423 g/mol. The average Bonchev–Trinajstić information content (AvgIpc) is 2.76. The molecule has 31 heavy (non-hydrogen) atoms. The Kier molecular flexibility index (Phi) is 6.05. The maximum atomic E-state index is 12.7. The number of hydrogen-bond acceptors (Lipinski definition) is 7. The summed E-state index contributed by atoms with van der Waals surface area (Å²) in [6.45, 7) is 0.968. The molecule has 0 aliphatic rings. The molecule has 0 fully saturated rings. The van der Waals surface area contributed by atoms with Crippen LogP contribution in [0.3, 0.4) is 0 Å². The highest BCUT2D eigenvalue weighted by Crippen LogP contribution is 2.18. The van der Waals surface area contributed by atoms with Crippen LogP contribution in [0.25, 0.3) is 0 Å². The zero-order valence-electron chi connectivity index (χ0n) is 17.0. The third kappa shape index (κ3) is 4.40. The number of benzene rings is 2. The normalized spacial score (nSPS) is 10.6. The van der Waals surface area contributed by atoms with Gasteiger partial charge in [-0.2, -0.15) is 0 Å². The maximum absolute atomic E-state index is 12.7. The summed E-state index contributed by atoms with van der Waals surface area (Å²) in [5, 5.41) is 9.72. The van der Waals surface area contributed by atoms with Gasteiger partial charge >= 0.3 is 11.7 Å². The van der Waals surface area contributed by atoms with Crippen molar-refractivity contribution >= 4 is 17.6 Å². The number of Topliss-reactive ketones (excluding diaryl/α,β-unsaturated/α-hetero) is 1. The van der Waals surface area contributed by atoms with E-state index >= 15 is 0 Å². The highest BCUT2D eigenvalue weighted by molar-refractivity contribution is 6.02. The van der Waals surface area contributed by atoms with Crippen LogP contribution in [0.5, 0.6) is 5.75 Å². The molecule has 3 aromatic rings. The first-order chi connectivity index (χ1) is 14.7. The van der Waals surface area contributed by atoms with Gasteiger partial charge in [0.05, 0.1) is 12.1 Å². The number of esters is 1. The summed E-state index contributed by atoms with van der Waals surface area (Å²) in [5.41, 5.74) is 5.40. The third-order valence-electron chi connectivity index (χ3n) is 4.82.